The number of carboxylic acid groups (broad SMARTS) is 1. The minimum absolute atomic E-state index is 0.0473. The van der Waals surface area contributed by atoms with Gasteiger partial charge < -0.3 is 25.6 Å². The molecule has 0 aromatic carbocycles. The van der Waals surface area contributed by atoms with E-state index in [0.29, 0.717) is 12.8 Å². The number of carboxylic acids is 1. The molecule has 0 rings (SSSR count). The van der Waals surface area contributed by atoms with Gasteiger partial charge in [-0.3, -0.25) is 14.4 Å². The van der Waals surface area contributed by atoms with Crippen molar-refractivity contribution in [2.45, 2.75) is 167 Å². The van der Waals surface area contributed by atoms with Gasteiger partial charge in [0.15, 0.2) is 0 Å². The van der Waals surface area contributed by atoms with Gasteiger partial charge in [-0.25, -0.2) is 4.79 Å². The zero-order chi connectivity index (χ0) is 34.8. The molecule has 0 saturated heterocycles. The molecular weight excluding hydrogens is 596 g/mol. The quantitative estimate of drug-likeness (QED) is 0.0326. The van der Waals surface area contributed by atoms with Gasteiger partial charge in [0.1, 0.15) is 12.1 Å². The number of allylic oxidation sites excluding steroid dienone is 6. The van der Waals surface area contributed by atoms with E-state index in [1.165, 1.54) is 32.1 Å². The third-order valence-corrected chi connectivity index (χ3v) is 7.90. The van der Waals surface area contributed by atoms with Gasteiger partial charge in [0.2, 0.25) is 11.8 Å². The molecule has 0 aromatic rings. The van der Waals surface area contributed by atoms with Crippen LogP contribution < -0.4 is 10.6 Å². The molecule has 2 unspecified atom stereocenters. The second kappa shape index (κ2) is 33.0. The zero-order valence-electron chi connectivity index (χ0n) is 29.5. The van der Waals surface area contributed by atoms with E-state index in [9.17, 15) is 19.2 Å². The third kappa shape index (κ3) is 30.2. The number of carbonyl (C=O) groups is 4. The van der Waals surface area contributed by atoms with Crippen molar-refractivity contribution < 1.29 is 34.1 Å². The topological polar surface area (TPSA) is 142 Å². The Balaban J connectivity index is 4.15. The Morgan fingerprint density at radius 3 is 1.83 bits per heavy atom. The van der Waals surface area contributed by atoms with E-state index >= 15 is 0 Å². The maximum absolute atomic E-state index is 12.6. The fourth-order valence-electron chi connectivity index (χ4n) is 5.08. The summed E-state index contributed by atoms with van der Waals surface area (Å²) in [6.45, 7) is 3.30. The summed E-state index contributed by atoms with van der Waals surface area (Å²) in [7, 11) is 0. The molecule has 0 saturated carbocycles. The predicted molar refractivity (Wildman–Crippen MR) is 190 cm³/mol. The summed E-state index contributed by atoms with van der Waals surface area (Å²) in [5.41, 5.74) is 0. The Bertz CT molecular complexity index is 900. The summed E-state index contributed by atoms with van der Waals surface area (Å²) in [5, 5.41) is 22.4. The fourth-order valence-corrected chi connectivity index (χ4v) is 5.08. The minimum Gasteiger partial charge on any atom is -0.480 e. The molecular formula is C38H66N2O7. The van der Waals surface area contributed by atoms with Crippen molar-refractivity contribution in [1.82, 2.24) is 10.6 Å². The van der Waals surface area contributed by atoms with Crippen LogP contribution in [-0.2, 0) is 23.9 Å². The Morgan fingerprint density at radius 2 is 1.21 bits per heavy atom. The van der Waals surface area contributed by atoms with Crippen LogP contribution in [0.2, 0.25) is 0 Å². The summed E-state index contributed by atoms with van der Waals surface area (Å²) in [5.74, 6) is -2.36. The maximum Gasteiger partial charge on any atom is 0.328 e. The van der Waals surface area contributed by atoms with Crippen LogP contribution in [-0.4, -0.2) is 59.3 Å². The summed E-state index contributed by atoms with van der Waals surface area (Å²) in [4.78, 5) is 47.2. The lowest BCUT2D eigenvalue weighted by molar-refractivity contribution is -0.150. The van der Waals surface area contributed by atoms with Crippen molar-refractivity contribution in [3.8, 4) is 0 Å². The highest BCUT2D eigenvalue weighted by atomic mass is 16.5. The van der Waals surface area contributed by atoms with E-state index in [1.54, 1.807) is 0 Å². The van der Waals surface area contributed by atoms with Crippen molar-refractivity contribution in [1.29, 1.82) is 0 Å². The van der Waals surface area contributed by atoms with Gasteiger partial charge in [0.25, 0.3) is 0 Å². The van der Waals surface area contributed by atoms with Crippen LogP contribution in [0.1, 0.15) is 155 Å². The standard InChI is InChI=1S/C38H66N2O7/c1-3-5-7-9-10-11-12-13-14-15-16-17-18-20-26-30-37(44)47-33(27-23-19-8-6-4-2)28-24-21-22-25-29-35(42)39-31-36(43)40-34(32-41)38(45)46/h5,7,10-11,13-14,33-34,41H,3-4,6,8-9,12,15-32H2,1-2H3,(H,39,42)(H,40,43)(H,45,46)/b7-5-,11-10-,14-13-. The molecule has 0 bridgehead atoms. The Kier molecular flexibility index (Phi) is 30.9. The Labute approximate surface area is 285 Å². The lowest BCUT2D eigenvalue weighted by Crippen LogP contribution is -2.47. The fraction of sp³-hybridized carbons (Fsp3) is 0.737. The van der Waals surface area contributed by atoms with Crippen LogP contribution in [0.15, 0.2) is 36.5 Å². The second-order valence-electron chi connectivity index (χ2n) is 12.3. The Morgan fingerprint density at radius 1 is 0.660 bits per heavy atom. The normalized spacial score (nSPS) is 12.9. The monoisotopic (exact) mass is 662 g/mol. The molecule has 0 spiro atoms. The first-order chi connectivity index (χ1) is 22.8. The van der Waals surface area contributed by atoms with Crippen molar-refractivity contribution >= 4 is 23.8 Å². The smallest absolute Gasteiger partial charge is 0.328 e. The molecule has 9 heteroatoms. The number of ether oxygens (including phenoxy) is 1. The number of unbranched alkanes of at least 4 members (excludes halogenated alkanes) is 12. The Hall–Kier alpha value is -2.94. The van der Waals surface area contributed by atoms with Crippen molar-refractivity contribution in [3.05, 3.63) is 36.5 Å². The van der Waals surface area contributed by atoms with Crippen LogP contribution in [0.4, 0.5) is 0 Å². The first kappa shape index (κ1) is 44.1. The molecule has 2 atom stereocenters. The van der Waals surface area contributed by atoms with E-state index in [1.807, 2.05) is 0 Å². The summed E-state index contributed by atoms with van der Waals surface area (Å²) >= 11 is 0. The molecule has 0 heterocycles. The molecule has 0 aromatic heterocycles. The van der Waals surface area contributed by atoms with Crippen molar-refractivity contribution in [2.75, 3.05) is 13.2 Å². The number of carbonyl (C=O) groups excluding carboxylic acids is 3. The number of hydrogen-bond acceptors (Lipinski definition) is 6. The van der Waals surface area contributed by atoms with Crippen LogP contribution in [0.3, 0.4) is 0 Å². The van der Waals surface area contributed by atoms with Gasteiger partial charge in [-0.1, -0.05) is 108 Å². The predicted octanol–water partition coefficient (Wildman–Crippen LogP) is 7.87. The summed E-state index contributed by atoms with van der Waals surface area (Å²) in [6.07, 6.45) is 34.7. The van der Waals surface area contributed by atoms with Gasteiger partial charge in [0.05, 0.1) is 13.2 Å². The average Bonchev–Trinajstić information content (AvgIpc) is 3.05. The first-order valence-electron chi connectivity index (χ1n) is 18.4. The van der Waals surface area contributed by atoms with E-state index in [-0.39, 0.29) is 30.9 Å². The number of hydrogen-bond donors (Lipinski definition) is 4. The van der Waals surface area contributed by atoms with Crippen LogP contribution in [0, 0.1) is 0 Å². The van der Waals surface area contributed by atoms with Crippen LogP contribution >= 0.6 is 0 Å². The van der Waals surface area contributed by atoms with E-state index < -0.39 is 24.5 Å². The minimum atomic E-state index is -1.39. The first-order valence-corrected chi connectivity index (χ1v) is 18.4. The van der Waals surface area contributed by atoms with Crippen molar-refractivity contribution in [2.24, 2.45) is 0 Å². The lowest BCUT2D eigenvalue weighted by Gasteiger charge is -2.18. The van der Waals surface area contributed by atoms with E-state index in [0.717, 1.165) is 89.9 Å². The molecule has 0 aliphatic heterocycles. The molecule has 47 heavy (non-hydrogen) atoms. The van der Waals surface area contributed by atoms with Gasteiger partial charge in [-0.2, -0.15) is 0 Å². The number of rotatable bonds is 32. The molecule has 0 fully saturated rings. The number of aliphatic hydroxyl groups is 1. The van der Waals surface area contributed by atoms with Gasteiger partial charge in [-0.15, -0.1) is 0 Å². The molecule has 4 N–H and O–H groups in total. The maximum atomic E-state index is 12.6. The molecule has 0 radical (unpaired) electrons. The van der Waals surface area contributed by atoms with E-state index in [2.05, 4.69) is 60.9 Å². The van der Waals surface area contributed by atoms with Gasteiger partial charge >= 0.3 is 11.9 Å². The van der Waals surface area contributed by atoms with Gasteiger partial charge in [-0.05, 0) is 70.6 Å². The number of esters is 1. The molecule has 0 aliphatic carbocycles. The summed E-state index contributed by atoms with van der Waals surface area (Å²) in [6, 6.07) is -1.39. The molecule has 0 aliphatic rings. The average molecular weight is 663 g/mol. The third-order valence-electron chi connectivity index (χ3n) is 7.90. The SMILES string of the molecule is CC/C=C\C/C=C\C/C=C\CCCCCCCC(=O)OC(CCCCCCC)CCCCCCC(=O)NCC(=O)NC(CO)C(=O)O. The number of aliphatic hydroxyl groups excluding tert-OH is 1. The molecule has 270 valence electrons. The highest BCUT2D eigenvalue weighted by Gasteiger charge is 2.19. The van der Waals surface area contributed by atoms with Crippen molar-refractivity contribution in [3.63, 3.8) is 0 Å². The highest BCUT2D eigenvalue weighted by molar-refractivity contribution is 5.87. The lowest BCUT2D eigenvalue weighted by atomic mass is 10.0. The molecule has 9 nitrogen and oxygen atoms in total. The largest absolute Gasteiger partial charge is 0.480 e. The van der Waals surface area contributed by atoms with Gasteiger partial charge in [0, 0.05) is 12.8 Å². The number of nitrogens with one attached hydrogen (secondary N) is 2. The highest BCUT2D eigenvalue weighted by Crippen LogP contribution is 2.18. The van der Waals surface area contributed by atoms with Crippen LogP contribution in [0.25, 0.3) is 0 Å². The van der Waals surface area contributed by atoms with Crippen LogP contribution in [0.5, 0.6) is 0 Å². The van der Waals surface area contributed by atoms with E-state index in [4.69, 9.17) is 14.9 Å². The number of aliphatic carboxylic acids is 1. The summed E-state index contributed by atoms with van der Waals surface area (Å²) < 4.78 is 5.91. The zero-order valence-corrected chi connectivity index (χ0v) is 29.5. The number of amides is 2. The second-order valence-corrected chi connectivity index (χ2v) is 12.3. The molecule has 2 amide bonds.